The molecule has 0 bridgehead atoms. The van der Waals surface area contributed by atoms with Crippen LogP contribution >= 0.6 is 11.8 Å². The summed E-state index contributed by atoms with van der Waals surface area (Å²) in [5.74, 6) is 1.19. The minimum absolute atomic E-state index is 0.312. The average molecular weight is 297 g/mol. The maximum atomic E-state index is 4.04. The SMILES string of the molecule is C=CCC(CCCSC=C)(CC(C)(C)CC)C(C)(C)C. The Bertz CT molecular complexity index is 295. The second-order valence-electron chi connectivity index (χ2n) is 7.86. The van der Waals surface area contributed by atoms with E-state index in [4.69, 9.17) is 0 Å². The molecule has 0 spiro atoms. The van der Waals surface area contributed by atoms with Gasteiger partial charge in [0.15, 0.2) is 0 Å². The van der Waals surface area contributed by atoms with Crippen LogP contribution in [-0.2, 0) is 0 Å². The summed E-state index contributed by atoms with van der Waals surface area (Å²) in [6, 6.07) is 0. The zero-order chi connectivity index (χ0) is 15.9. The number of rotatable bonds is 10. The standard InChI is InChI=1S/C19H36S/c1-9-13-19(17(4,5)6,14-12-15-20-11-3)16-18(7,8)10-2/h9,11H,1,3,10,12-16H2,2,4-8H3. The third-order valence-electron chi connectivity index (χ3n) is 4.94. The first kappa shape index (κ1) is 19.8. The lowest BCUT2D eigenvalue weighted by Gasteiger charge is -2.49. The summed E-state index contributed by atoms with van der Waals surface area (Å²) in [4.78, 5) is 0. The highest BCUT2D eigenvalue weighted by molar-refractivity contribution is 8.02. The van der Waals surface area contributed by atoms with Gasteiger partial charge >= 0.3 is 0 Å². The predicted molar refractivity (Wildman–Crippen MR) is 97.3 cm³/mol. The molecule has 0 rings (SSSR count). The van der Waals surface area contributed by atoms with Gasteiger partial charge in [0, 0.05) is 0 Å². The average Bonchev–Trinajstić information content (AvgIpc) is 2.33. The van der Waals surface area contributed by atoms with Crippen LogP contribution in [0.5, 0.6) is 0 Å². The van der Waals surface area contributed by atoms with E-state index in [0.717, 1.165) is 6.42 Å². The minimum Gasteiger partial charge on any atom is -0.135 e. The van der Waals surface area contributed by atoms with Crippen LogP contribution in [0.2, 0.25) is 0 Å². The molecule has 0 nitrogen and oxygen atoms in total. The molecule has 0 aliphatic carbocycles. The molecule has 0 heterocycles. The van der Waals surface area contributed by atoms with Gasteiger partial charge in [-0.15, -0.1) is 18.3 Å². The van der Waals surface area contributed by atoms with Crippen LogP contribution in [0.1, 0.15) is 73.6 Å². The van der Waals surface area contributed by atoms with Gasteiger partial charge in [-0.25, -0.2) is 0 Å². The van der Waals surface area contributed by atoms with Crippen molar-refractivity contribution in [3.05, 3.63) is 24.6 Å². The Hall–Kier alpha value is -0.170. The van der Waals surface area contributed by atoms with Gasteiger partial charge in [0.2, 0.25) is 0 Å². The highest BCUT2D eigenvalue weighted by Gasteiger charge is 2.43. The van der Waals surface area contributed by atoms with E-state index < -0.39 is 0 Å². The Morgan fingerprint density at radius 1 is 1.05 bits per heavy atom. The molecule has 0 saturated heterocycles. The van der Waals surface area contributed by atoms with Crippen LogP contribution in [0.3, 0.4) is 0 Å². The van der Waals surface area contributed by atoms with Crippen molar-refractivity contribution in [1.29, 1.82) is 0 Å². The van der Waals surface area contributed by atoms with Crippen LogP contribution in [0.25, 0.3) is 0 Å². The summed E-state index contributed by atoms with van der Waals surface area (Å²) >= 11 is 1.84. The predicted octanol–water partition coefficient (Wildman–Crippen LogP) is 7.08. The van der Waals surface area contributed by atoms with Gasteiger partial charge in [-0.1, -0.05) is 60.6 Å². The van der Waals surface area contributed by atoms with Gasteiger partial charge in [-0.3, -0.25) is 0 Å². The monoisotopic (exact) mass is 296 g/mol. The van der Waals surface area contributed by atoms with Gasteiger partial charge < -0.3 is 0 Å². The number of thioether (sulfide) groups is 1. The highest BCUT2D eigenvalue weighted by atomic mass is 32.2. The van der Waals surface area contributed by atoms with Gasteiger partial charge in [0.1, 0.15) is 0 Å². The van der Waals surface area contributed by atoms with E-state index in [1.54, 1.807) is 0 Å². The maximum absolute atomic E-state index is 4.04. The van der Waals surface area contributed by atoms with E-state index in [1.165, 1.54) is 31.4 Å². The molecular formula is C19H36S. The first-order valence-corrected chi connectivity index (χ1v) is 9.02. The molecule has 0 amide bonds. The third-order valence-corrected chi connectivity index (χ3v) is 5.70. The molecule has 0 aromatic carbocycles. The second-order valence-corrected chi connectivity index (χ2v) is 8.93. The molecule has 0 aromatic rings. The smallest absolute Gasteiger partial charge is 0.00260 e. The summed E-state index contributed by atoms with van der Waals surface area (Å²) in [7, 11) is 0. The normalized spacial score (nSPS) is 15.7. The van der Waals surface area contributed by atoms with E-state index in [0.29, 0.717) is 16.2 Å². The molecule has 1 unspecified atom stereocenters. The topological polar surface area (TPSA) is 0 Å². The fourth-order valence-electron chi connectivity index (χ4n) is 3.10. The van der Waals surface area contributed by atoms with Gasteiger partial charge in [0.05, 0.1) is 0 Å². The van der Waals surface area contributed by atoms with E-state index in [1.807, 2.05) is 17.2 Å². The molecule has 0 saturated carbocycles. The van der Waals surface area contributed by atoms with Crippen LogP contribution in [0.4, 0.5) is 0 Å². The van der Waals surface area contributed by atoms with E-state index >= 15 is 0 Å². The van der Waals surface area contributed by atoms with Crippen molar-refractivity contribution in [1.82, 2.24) is 0 Å². The number of hydrogen-bond donors (Lipinski definition) is 0. The van der Waals surface area contributed by atoms with Crippen LogP contribution < -0.4 is 0 Å². The zero-order valence-corrected chi connectivity index (χ0v) is 15.5. The van der Waals surface area contributed by atoms with Crippen molar-refractivity contribution in [3.8, 4) is 0 Å². The Morgan fingerprint density at radius 3 is 2.05 bits per heavy atom. The van der Waals surface area contributed by atoms with Crippen LogP contribution in [-0.4, -0.2) is 5.75 Å². The molecule has 0 N–H and O–H groups in total. The minimum atomic E-state index is 0.312. The Morgan fingerprint density at radius 2 is 1.65 bits per heavy atom. The fourth-order valence-corrected chi connectivity index (χ4v) is 3.58. The summed E-state index contributed by atoms with van der Waals surface area (Å²) in [5.41, 5.74) is 1.07. The first-order valence-electron chi connectivity index (χ1n) is 7.97. The number of hydrogen-bond acceptors (Lipinski definition) is 1. The lowest BCUT2D eigenvalue weighted by molar-refractivity contribution is 0.0215. The van der Waals surface area contributed by atoms with E-state index in [-0.39, 0.29) is 0 Å². The van der Waals surface area contributed by atoms with Crippen LogP contribution in [0.15, 0.2) is 24.6 Å². The summed E-state index contributed by atoms with van der Waals surface area (Å²) in [5, 5.41) is 1.96. The molecule has 20 heavy (non-hydrogen) atoms. The molecule has 0 aromatic heterocycles. The zero-order valence-electron chi connectivity index (χ0n) is 14.7. The van der Waals surface area contributed by atoms with Crippen molar-refractivity contribution in [3.63, 3.8) is 0 Å². The second kappa shape index (κ2) is 8.32. The summed E-state index contributed by atoms with van der Waals surface area (Å²) < 4.78 is 0. The Labute approximate surface area is 132 Å². The highest BCUT2D eigenvalue weighted by Crippen LogP contribution is 2.53. The van der Waals surface area contributed by atoms with E-state index in [9.17, 15) is 0 Å². The summed E-state index contributed by atoms with van der Waals surface area (Å²) in [6.07, 6.45) is 8.33. The van der Waals surface area contributed by atoms with E-state index in [2.05, 4.69) is 60.8 Å². The molecule has 1 atom stereocenters. The molecule has 0 aliphatic heterocycles. The van der Waals surface area contributed by atoms with Crippen molar-refractivity contribution in [2.75, 3.05) is 5.75 Å². The van der Waals surface area contributed by atoms with Crippen molar-refractivity contribution in [2.45, 2.75) is 73.6 Å². The third kappa shape index (κ3) is 6.08. The van der Waals surface area contributed by atoms with Gasteiger partial charge in [-0.05, 0) is 53.1 Å². The lowest BCUT2D eigenvalue weighted by Crippen LogP contribution is -2.39. The first-order chi connectivity index (χ1) is 9.14. The Kier molecular flexibility index (Phi) is 8.25. The quantitative estimate of drug-likeness (QED) is 0.306. The Balaban J connectivity index is 5.15. The van der Waals surface area contributed by atoms with Crippen molar-refractivity contribution in [2.24, 2.45) is 16.2 Å². The van der Waals surface area contributed by atoms with Crippen molar-refractivity contribution >= 4 is 11.8 Å². The van der Waals surface area contributed by atoms with Crippen LogP contribution in [0, 0.1) is 16.2 Å². The van der Waals surface area contributed by atoms with Gasteiger partial charge in [0.25, 0.3) is 0 Å². The molecule has 1 heteroatoms. The largest absolute Gasteiger partial charge is 0.135 e. The van der Waals surface area contributed by atoms with Gasteiger partial charge in [-0.2, -0.15) is 0 Å². The molecule has 0 radical (unpaired) electrons. The van der Waals surface area contributed by atoms with Crippen molar-refractivity contribution < 1.29 is 0 Å². The number of allylic oxidation sites excluding steroid dienone is 1. The summed E-state index contributed by atoms with van der Waals surface area (Å²) in [6.45, 7) is 22.2. The molecule has 0 aliphatic rings. The molecule has 118 valence electrons. The maximum Gasteiger partial charge on any atom is -0.00260 e. The molecular weight excluding hydrogens is 260 g/mol. The lowest BCUT2D eigenvalue weighted by atomic mass is 9.56. The fraction of sp³-hybridized carbons (Fsp3) is 0.789. The molecule has 0 fully saturated rings.